The fourth-order valence-corrected chi connectivity index (χ4v) is 3.24. The van der Waals surface area contributed by atoms with E-state index in [0.29, 0.717) is 29.8 Å². The Labute approximate surface area is 192 Å². The standard InChI is InChI=1S/C22H19F2N7O3/c1-12(15-7-13(23)8-27-18(15)24)34-21(33)30-19-16(10-28-31(19)2)17-4-3-14(9-26-17)29-20(32)22(11-25)5-6-22/h3-4,7-10,12H,5-6H2,1-2H3,(H,29,32)(H,30,33)/t12-/m1/s1. The number of ether oxygens (including phenoxy) is 1. The predicted molar refractivity (Wildman–Crippen MR) is 115 cm³/mol. The number of rotatable bonds is 6. The van der Waals surface area contributed by atoms with E-state index >= 15 is 0 Å². The third-order valence-electron chi connectivity index (χ3n) is 5.41. The lowest BCUT2D eigenvalue weighted by molar-refractivity contribution is -0.119. The average molecular weight is 467 g/mol. The molecule has 3 aromatic rings. The molecule has 3 aromatic heterocycles. The second kappa shape index (κ2) is 8.86. The number of halogens is 2. The van der Waals surface area contributed by atoms with Crippen LogP contribution in [0.25, 0.3) is 11.3 Å². The minimum absolute atomic E-state index is 0.205. The largest absolute Gasteiger partial charge is 0.441 e. The summed E-state index contributed by atoms with van der Waals surface area (Å²) >= 11 is 0. The van der Waals surface area contributed by atoms with Gasteiger partial charge in [-0.15, -0.1) is 0 Å². The SMILES string of the molecule is C[C@@H](OC(=O)Nc1c(-c2ccc(NC(=O)C3(C#N)CC3)cn2)cnn1C)c1cc(F)cnc1F. The number of amides is 2. The first-order valence-corrected chi connectivity index (χ1v) is 10.2. The van der Waals surface area contributed by atoms with Crippen LogP contribution in [-0.4, -0.2) is 31.7 Å². The van der Waals surface area contributed by atoms with Gasteiger partial charge in [-0.3, -0.25) is 19.8 Å². The summed E-state index contributed by atoms with van der Waals surface area (Å²) in [5.74, 6) is -1.82. The highest BCUT2D eigenvalue weighted by atomic mass is 19.1. The normalized spacial score (nSPS) is 14.6. The maximum atomic E-state index is 13.8. The van der Waals surface area contributed by atoms with E-state index in [-0.39, 0.29) is 17.3 Å². The Morgan fingerprint density at radius 3 is 2.62 bits per heavy atom. The molecule has 3 heterocycles. The topological polar surface area (TPSA) is 135 Å². The summed E-state index contributed by atoms with van der Waals surface area (Å²) in [6.45, 7) is 1.38. The van der Waals surface area contributed by atoms with Gasteiger partial charge in [0.05, 0.1) is 47.2 Å². The van der Waals surface area contributed by atoms with Crippen molar-refractivity contribution in [1.29, 1.82) is 5.26 Å². The summed E-state index contributed by atoms with van der Waals surface area (Å²) in [7, 11) is 1.59. The van der Waals surface area contributed by atoms with Gasteiger partial charge < -0.3 is 10.1 Å². The number of anilines is 2. The van der Waals surface area contributed by atoms with Crippen LogP contribution in [0.15, 0.2) is 36.8 Å². The fraction of sp³-hybridized carbons (Fsp3) is 0.273. The number of nitrogens with one attached hydrogen (secondary N) is 2. The number of carbonyl (C=O) groups excluding carboxylic acids is 2. The van der Waals surface area contributed by atoms with Gasteiger partial charge in [-0.25, -0.2) is 14.2 Å². The summed E-state index contributed by atoms with van der Waals surface area (Å²) in [5, 5.41) is 18.4. The lowest BCUT2D eigenvalue weighted by atomic mass is 10.1. The van der Waals surface area contributed by atoms with Gasteiger partial charge in [0.15, 0.2) is 0 Å². The fourth-order valence-electron chi connectivity index (χ4n) is 3.24. The molecule has 0 spiro atoms. The molecule has 2 amide bonds. The molecule has 0 aliphatic heterocycles. The van der Waals surface area contributed by atoms with Crippen molar-refractivity contribution in [2.45, 2.75) is 25.9 Å². The molecule has 34 heavy (non-hydrogen) atoms. The lowest BCUT2D eigenvalue weighted by Crippen LogP contribution is -2.22. The molecule has 1 saturated carbocycles. The zero-order valence-corrected chi connectivity index (χ0v) is 18.2. The first kappa shape index (κ1) is 22.8. The highest BCUT2D eigenvalue weighted by Gasteiger charge is 2.50. The van der Waals surface area contributed by atoms with E-state index in [9.17, 15) is 18.4 Å². The number of aryl methyl sites for hydroxylation is 1. The summed E-state index contributed by atoms with van der Waals surface area (Å²) in [5.41, 5.74) is 0.161. The molecule has 0 unspecified atom stereocenters. The Kier molecular flexibility index (Phi) is 5.93. The van der Waals surface area contributed by atoms with Crippen LogP contribution in [0.3, 0.4) is 0 Å². The molecule has 0 aromatic carbocycles. The van der Waals surface area contributed by atoms with Crippen LogP contribution in [0.1, 0.15) is 31.4 Å². The van der Waals surface area contributed by atoms with Crippen molar-refractivity contribution >= 4 is 23.5 Å². The summed E-state index contributed by atoms with van der Waals surface area (Å²) in [6.07, 6.45) is 2.67. The molecule has 1 atom stereocenters. The monoisotopic (exact) mass is 467 g/mol. The van der Waals surface area contributed by atoms with Crippen molar-refractivity contribution < 1.29 is 23.1 Å². The van der Waals surface area contributed by atoms with Gasteiger partial charge in [-0.2, -0.15) is 14.8 Å². The molecular weight excluding hydrogens is 448 g/mol. The van der Waals surface area contributed by atoms with Crippen LogP contribution in [0, 0.1) is 28.5 Å². The molecule has 1 aliphatic carbocycles. The molecule has 2 N–H and O–H groups in total. The van der Waals surface area contributed by atoms with Crippen molar-refractivity contribution in [2.75, 3.05) is 10.6 Å². The van der Waals surface area contributed by atoms with Gasteiger partial charge in [0.2, 0.25) is 11.9 Å². The maximum absolute atomic E-state index is 13.8. The minimum Gasteiger partial charge on any atom is -0.441 e. The molecule has 4 rings (SSSR count). The Bertz CT molecular complexity index is 1300. The van der Waals surface area contributed by atoms with Crippen molar-refractivity contribution in [3.8, 4) is 17.3 Å². The van der Waals surface area contributed by atoms with E-state index in [1.165, 1.54) is 24.0 Å². The number of hydrogen-bond donors (Lipinski definition) is 2. The number of hydrogen-bond acceptors (Lipinski definition) is 7. The van der Waals surface area contributed by atoms with E-state index in [0.717, 1.165) is 12.3 Å². The molecule has 0 saturated heterocycles. The Morgan fingerprint density at radius 2 is 1.97 bits per heavy atom. The van der Waals surface area contributed by atoms with Crippen molar-refractivity contribution in [1.82, 2.24) is 19.7 Å². The zero-order chi connectivity index (χ0) is 24.5. The van der Waals surface area contributed by atoms with Crippen LogP contribution in [-0.2, 0) is 16.6 Å². The third kappa shape index (κ3) is 4.54. The Morgan fingerprint density at radius 1 is 1.21 bits per heavy atom. The number of carbonyl (C=O) groups is 2. The first-order chi connectivity index (χ1) is 16.2. The van der Waals surface area contributed by atoms with E-state index < -0.39 is 29.4 Å². The predicted octanol–water partition coefficient (Wildman–Crippen LogP) is 3.71. The van der Waals surface area contributed by atoms with Gasteiger partial charge in [-0.1, -0.05) is 0 Å². The van der Waals surface area contributed by atoms with E-state index in [1.807, 2.05) is 6.07 Å². The average Bonchev–Trinajstić information content (AvgIpc) is 3.54. The van der Waals surface area contributed by atoms with Crippen molar-refractivity contribution in [2.24, 2.45) is 12.5 Å². The number of pyridine rings is 2. The maximum Gasteiger partial charge on any atom is 0.413 e. The first-order valence-electron chi connectivity index (χ1n) is 10.2. The highest BCUT2D eigenvalue weighted by Crippen LogP contribution is 2.45. The van der Waals surface area contributed by atoms with Gasteiger partial charge >= 0.3 is 6.09 Å². The third-order valence-corrected chi connectivity index (χ3v) is 5.41. The summed E-state index contributed by atoms with van der Waals surface area (Å²) in [4.78, 5) is 32.2. The molecule has 0 bridgehead atoms. The summed E-state index contributed by atoms with van der Waals surface area (Å²) < 4.78 is 33.8. The van der Waals surface area contributed by atoms with Crippen LogP contribution in [0.2, 0.25) is 0 Å². The van der Waals surface area contributed by atoms with Crippen LogP contribution >= 0.6 is 0 Å². The lowest BCUT2D eigenvalue weighted by Gasteiger charge is -2.15. The molecule has 10 nitrogen and oxygen atoms in total. The van der Waals surface area contributed by atoms with Gasteiger partial charge in [0, 0.05) is 7.05 Å². The van der Waals surface area contributed by atoms with Gasteiger partial charge in [0.1, 0.15) is 23.2 Å². The van der Waals surface area contributed by atoms with Crippen LogP contribution in [0.4, 0.5) is 25.1 Å². The Balaban J connectivity index is 1.46. The van der Waals surface area contributed by atoms with Gasteiger partial charge in [-0.05, 0) is 38.0 Å². The van der Waals surface area contributed by atoms with Gasteiger partial charge in [0.25, 0.3) is 0 Å². The second-order valence-electron chi connectivity index (χ2n) is 7.82. The summed E-state index contributed by atoms with van der Waals surface area (Å²) in [6, 6.07) is 6.17. The zero-order valence-electron chi connectivity index (χ0n) is 18.2. The van der Waals surface area contributed by atoms with Crippen molar-refractivity contribution in [3.05, 3.63) is 54.1 Å². The van der Waals surface area contributed by atoms with E-state index in [4.69, 9.17) is 10.00 Å². The van der Waals surface area contributed by atoms with E-state index in [2.05, 4.69) is 25.7 Å². The van der Waals surface area contributed by atoms with Crippen LogP contribution < -0.4 is 10.6 Å². The molecule has 12 heteroatoms. The molecule has 1 fully saturated rings. The number of nitrogens with zero attached hydrogens (tertiary/aromatic N) is 5. The van der Waals surface area contributed by atoms with Crippen LogP contribution in [0.5, 0.6) is 0 Å². The molecule has 174 valence electrons. The van der Waals surface area contributed by atoms with Crippen molar-refractivity contribution in [3.63, 3.8) is 0 Å². The smallest absolute Gasteiger partial charge is 0.413 e. The van der Waals surface area contributed by atoms with E-state index in [1.54, 1.807) is 19.2 Å². The second-order valence-corrected chi connectivity index (χ2v) is 7.82. The Hall–Kier alpha value is -4.40. The molecule has 0 radical (unpaired) electrons. The molecule has 1 aliphatic rings. The number of aromatic nitrogens is 4. The highest BCUT2D eigenvalue weighted by molar-refractivity contribution is 5.99. The minimum atomic E-state index is -1.11. The molecular formula is C22H19F2N7O3. The number of nitriles is 1. The quantitative estimate of drug-likeness (QED) is 0.528.